The maximum absolute atomic E-state index is 13.1. The van der Waals surface area contributed by atoms with Gasteiger partial charge in [0.1, 0.15) is 5.82 Å². The monoisotopic (exact) mass is 264 g/mol. The third kappa shape index (κ3) is 3.77. The Labute approximate surface area is 113 Å². The van der Waals surface area contributed by atoms with Gasteiger partial charge in [-0.3, -0.25) is 4.79 Å². The third-order valence-corrected chi connectivity index (χ3v) is 3.69. The van der Waals surface area contributed by atoms with Crippen molar-refractivity contribution >= 4 is 5.91 Å². The highest BCUT2D eigenvalue weighted by molar-refractivity contribution is 5.82. The molecule has 1 aromatic rings. The lowest BCUT2D eigenvalue weighted by Gasteiger charge is -2.28. The van der Waals surface area contributed by atoms with Gasteiger partial charge in [-0.25, -0.2) is 4.39 Å². The Kier molecular flexibility index (Phi) is 4.53. The molecular formula is C15H21FN2O. The molecule has 2 N–H and O–H groups in total. The number of hydrogen-bond acceptors (Lipinski definition) is 2. The van der Waals surface area contributed by atoms with Gasteiger partial charge < -0.3 is 10.6 Å². The maximum atomic E-state index is 13.1. The van der Waals surface area contributed by atoms with E-state index in [-0.39, 0.29) is 23.8 Å². The first-order valence-electron chi connectivity index (χ1n) is 6.85. The van der Waals surface area contributed by atoms with Crippen molar-refractivity contribution in [3.8, 4) is 0 Å². The number of nitrogens with one attached hydrogen (secondary N) is 2. The molecule has 1 aromatic carbocycles. The number of halogens is 1. The summed E-state index contributed by atoms with van der Waals surface area (Å²) in [5, 5.41) is 6.18. The normalized spacial score (nSPS) is 24.8. The van der Waals surface area contributed by atoms with E-state index in [1.165, 1.54) is 12.1 Å². The van der Waals surface area contributed by atoms with E-state index < -0.39 is 0 Å². The van der Waals surface area contributed by atoms with Gasteiger partial charge >= 0.3 is 0 Å². The van der Waals surface area contributed by atoms with Crippen LogP contribution in [-0.2, 0) is 4.79 Å². The average Bonchev–Trinajstić information content (AvgIpc) is 2.38. The van der Waals surface area contributed by atoms with Crippen LogP contribution in [0, 0.1) is 11.7 Å². The summed E-state index contributed by atoms with van der Waals surface area (Å²) >= 11 is 0. The quantitative estimate of drug-likeness (QED) is 0.880. The summed E-state index contributed by atoms with van der Waals surface area (Å²) < 4.78 is 13.1. The van der Waals surface area contributed by atoms with Crippen LogP contribution in [0.3, 0.4) is 0 Å². The molecule has 3 atom stereocenters. The van der Waals surface area contributed by atoms with Crippen LogP contribution in [0.2, 0.25) is 0 Å². The van der Waals surface area contributed by atoms with Gasteiger partial charge in [0.15, 0.2) is 0 Å². The predicted molar refractivity (Wildman–Crippen MR) is 73.1 cm³/mol. The Hall–Kier alpha value is -1.42. The zero-order valence-electron chi connectivity index (χ0n) is 11.4. The van der Waals surface area contributed by atoms with E-state index in [0.29, 0.717) is 5.92 Å². The maximum Gasteiger partial charge on any atom is 0.237 e. The number of benzene rings is 1. The highest BCUT2D eigenvalue weighted by Gasteiger charge is 2.25. The molecule has 4 heteroatoms. The molecule has 0 spiro atoms. The first-order valence-corrected chi connectivity index (χ1v) is 6.85. The molecule has 3 nitrogen and oxygen atoms in total. The number of carbonyl (C=O) groups is 1. The fraction of sp³-hybridized carbons (Fsp3) is 0.533. The molecule has 19 heavy (non-hydrogen) atoms. The molecule has 1 fully saturated rings. The fourth-order valence-electron chi connectivity index (χ4n) is 2.48. The van der Waals surface area contributed by atoms with Gasteiger partial charge in [0.05, 0.1) is 12.1 Å². The minimum absolute atomic E-state index is 0.00307. The minimum atomic E-state index is -0.275. The smallest absolute Gasteiger partial charge is 0.237 e. The molecule has 104 valence electrons. The first-order chi connectivity index (χ1) is 9.06. The largest absolute Gasteiger partial charge is 0.348 e. The summed E-state index contributed by atoms with van der Waals surface area (Å²) in [5.41, 5.74) is 0.789. The molecule has 0 aromatic heterocycles. The molecule has 1 saturated heterocycles. The number of carbonyl (C=O) groups excluding carboxylic acids is 1. The summed E-state index contributed by atoms with van der Waals surface area (Å²) in [5.74, 6) is 0.299. The molecule has 0 radical (unpaired) electrons. The van der Waals surface area contributed by atoms with Gasteiger partial charge in [0.25, 0.3) is 0 Å². The van der Waals surface area contributed by atoms with Crippen LogP contribution in [0.1, 0.15) is 38.3 Å². The highest BCUT2D eigenvalue weighted by atomic mass is 19.1. The van der Waals surface area contributed by atoms with Crippen LogP contribution in [0.15, 0.2) is 24.3 Å². The van der Waals surface area contributed by atoms with Crippen LogP contribution in [0.4, 0.5) is 4.39 Å². The minimum Gasteiger partial charge on any atom is -0.348 e. The SMILES string of the molecule is CC1CCNC(C(=O)N[C@@H](C)c2cccc(F)c2)C1. The lowest BCUT2D eigenvalue weighted by atomic mass is 9.93. The van der Waals surface area contributed by atoms with Gasteiger partial charge in [-0.1, -0.05) is 19.1 Å². The van der Waals surface area contributed by atoms with E-state index in [9.17, 15) is 9.18 Å². The molecule has 0 aliphatic carbocycles. The molecule has 0 bridgehead atoms. The average molecular weight is 264 g/mol. The number of amides is 1. The van der Waals surface area contributed by atoms with E-state index >= 15 is 0 Å². The van der Waals surface area contributed by atoms with Gasteiger partial charge in [-0.05, 0) is 49.9 Å². The van der Waals surface area contributed by atoms with Crippen molar-refractivity contribution in [3.63, 3.8) is 0 Å². The van der Waals surface area contributed by atoms with Crippen molar-refractivity contribution in [1.29, 1.82) is 0 Å². The summed E-state index contributed by atoms with van der Waals surface area (Å²) in [7, 11) is 0. The Balaban J connectivity index is 1.94. The topological polar surface area (TPSA) is 41.1 Å². The van der Waals surface area contributed by atoms with Gasteiger partial charge in [0.2, 0.25) is 5.91 Å². The second-order valence-electron chi connectivity index (χ2n) is 5.42. The Morgan fingerprint density at radius 2 is 2.32 bits per heavy atom. The van der Waals surface area contributed by atoms with Gasteiger partial charge in [-0.2, -0.15) is 0 Å². The van der Waals surface area contributed by atoms with Crippen molar-refractivity contribution in [3.05, 3.63) is 35.6 Å². The van der Waals surface area contributed by atoms with E-state index in [2.05, 4.69) is 17.6 Å². The zero-order valence-corrected chi connectivity index (χ0v) is 11.4. The van der Waals surface area contributed by atoms with Crippen molar-refractivity contribution in [2.75, 3.05) is 6.54 Å². The molecule has 1 aliphatic heterocycles. The van der Waals surface area contributed by atoms with Crippen LogP contribution in [0.5, 0.6) is 0 Å². The number of hydrogen-bond donors (Lipinski definition) is 2. The number of rotatable bonds is 3. The fourth-order valence-corrected chi connectivity index (χ4v) is 2.48. The van der Waals surface area contributed by atoms with Crippen molar-refractivity contribution < 1.29 is 9.18 Å². The highest BCUT2D eigenvalue weighted by Crippen LogP contribution is 2.17. The molecule has 1 aliphatic rings. The van der Waals surface area contributed by atoms with Gasteiger partial charge in [-0.15, -0.1) is 0 Å². The van der Waals surface area contributed by atoms with E-state index in [1.807, 2.05) is 13.0 Å². The van der Waals surface area contributed by atoms with Crippen LogP contribution in [-0.4, -0.2) is 18.5 Å². The summed E-state index contributed by atoms with van der Waals surface area (Å²) in [4.78, 5) is 12.1. The second-order valence-corrected chi connectivity index (χ2v) is 5.42. The molecule has 2 rings (SSSR count). The Bertz CT molecular complexity index is 450. The predicted octanol–water partition coefficient (Wildman–Crippen LogP) is 2.39. The Morgan fingerprint density at radius 3 is 3.00 bits per heavy atom. The van der Waals surface area contributed by atoms with Crippen molar-refractivity contribution in [2.45, 2.75) is 38.8 Å². The summed E-state index contributed by atoms with van der Waals surface area (Å²) in [6.45, 7) is 4.92. The van der Waals surface area contributed by atoms with Crippen LogP contribution >= 0.6 is 0 Å². The molecule has 2 unspecified atom stereocenters. The third-order valence-electron chi connectivity index (χ3n) is 3.69. The number of piperidine rings is 1. The standard InChI is InChI=1S/C15H21FN2O/c1-10-6-7-17-14(8-10)15(19)18-11(2)12-4-3-5-13(16)9-12/h3-5,9-11,14,17H,6-8H2,1-2H3,(H,18,19)/t10?,11-,14?/m0/s1. The molecule has 1 heterocycles. The molecule has 0 saturated carbocycles. The van der Waals surface area contributed by atoms with Crippen LogP contribution < -0.4 is 10.6 Å². The van der Waals surface area contributed by atoms with E-state index in [0.717, 1.165) is 24.9 Å². The molecular weight excluding hydrogens is 243 g/mol. The summed E-state index contributed by atoms with van der Waals surface area (Å²) in [6.07, 6.45) is 1.98. The van der Waals surface area contributed by atoms with Crippen molar-refractivity contribution in [1.82, 2.24) is 10.6 Å². The lowest BCUT2D eigenvalue weighted by Crippen LogP contribution is -2.48. The van der Waals surface area contributed by atoms with Crippen molar-refractivity contribution in [2.24, 2.45) is 5.92 Å². The van der Waals surface area contributed by atoms with Gasteiger partial charge in [0, 0.05) is 0 Å². The van der Waals surface area contributed by atoms with Crippen LogP contribution in [0.25, 0.3) is 0 Å². The van der Waals surface area contributed by atoms with E-state index in [4.69, 9.17) is 0 Å². The first kappa shape index (κ1) is 14.0. The summed E-state index contributed by atoms with van der Waals surface area (Å²) in [6, 6.07) is 6.05. The lowest BCUT2D eigenvalue weighted by molar-refractivity contribution is -0.124. The Morgan fingerprint density at radius 1 is 1.53 bits per heavy atom. The zero-order chi connectivity index (χ0) is 13.8. The van der Waals surface area contributed by atoms with E-state index in [1.54, 1.807) is 6.07 Å². The second kappa shape index (κ2) is 6.15. The molecule has 1 amide bonds.